The minimum atomic E-state index is -1.64. The van der Waals surface area contributed by atoms with Gasteiger partial charge >= 0.3 is 11.9 Å². The molecule has 10 unspecified atom stereocenters. The lowest BCUT2D eigenvalue weighted by Gasteiger charge is -2.69. The van der Waals surface area contributed by atoms with Crippen LogP contribution in [-0.4, -0.2) is 42.6 Å². The normalized spacial score (nSPS) is 48.7. The van der Waals surface area contributed by atoms with Crippen molar-refractivity contribution in [1.29, 1.82) is 0 Å². The van der Waals surface area contributed by atoms with Crippen molar-refractivity contribution in [1.82, 2.24) is 5.32 Å². The first-order chi connectivity index (χ1) is 17.3. The van der Waals surface area contributed by atoms with Crippen molar-refractivity contribution in [2.75, 3.05) is 13.1 Å². The zero-order valence-electron chi connectivity index (χ0n) is 23.0. The highest BCUT2D eigenvalue weighted by Crippen LogP contribution is 2.72. The molecule has 0 radical (unpaired) electrons. The van der Waals surface area contributed by atoms with Gasteiger partial charge in [-0.3, -0.25) is 14.4 Å². The van der Waals surface area contributed by atoms with Crippen LogP contribution in [0.25, 0.3) is 0 Å². The van der Waals surface area contributed by atoms with E-state index in [0.29, 0.717) is 25.8 Å². The number of carbonyl (C=O) groups is 3. The number of ketones is 1. The Kier molecular flexibility index (Phi) is 6.29. The average molecular weight is 516 g/mol. The standard InChI is InChI=1S/C30H42FNO5/c1-17-24-29(6)20(10-14-36-18(2)33)15-22-27(3,4)23(34)8-11-28(22,5)21(29)7-12-30(24,31)25(37-26(17)35)19-9-13-32-16-19/h8,10-11,14,17,19-22,24-25,32H,7,9,12-13,15-16H2,1-6H3. The maximum absolute atomic E-state index is 17.7. The molecule has 5 aliphatic rings. The summed E-state index contributed by atoms with van der Waals surface area (Å²) in [6, 6.07) is 0. The van der Waals surface area contributed by atoms with E-state index in [2.05, 4.69) is 25.2 Å². The number of alkyl halides is 1. The van der Waals surface area contributed by atoms with Crippen LogP contribution in [0.15, 0.2) is 24.5 Å². The van der Waals surface area contributed by atoms with Gasteiger partial charge in [-0.25, -0.2) is 4.39 Å². The lowest BCUT2D eigenvalue weighted by Crippen LogP contribution is -2.71. The van der Waals surface area contributed by atoms with Crippen molar-refractivity contribution < 1.29 is 28.2 Å². The van der Waals surface area contributed by atoms with Gasteiger partial charge in [0, 0.05) is 30.7 Å². The molecule has 0 spiro atoms. The summed E-state index contributed by atoms with van der Waals surface area (Å²) in [6.45, 7) is 13.0. The molecular weight excluding hydrogens is 473 g/mol. The van der Waals surface area contributed by atoms with Crippen molar-refractivity contribution >= 4 is 17.7 Å². The first kappa shape index (κ1) is 26.6. The Labute approximate surface area is 219 Å². The SMILES string of the molecule is CC(=O)OC=CC1CC2C(C)(C)C(=O)C=CC2(C)C2CCC3(F)C(C4CCNC4)OC(=O)C(C)C3C12C. The molecule has 4 fully saturated rings. The lowest BCUT2D eigenvalue weighted by molar-refractivity contribution is -0.259. The van der Waals surface area contributed by atoms with E-state index in [1.807, 2.05) is 26.8 Å². The molecule has 0 aromatic carbocycles. The number of carbonyl (C=O) groups excluding carboxylic acids is 3. The topological polar surface area (TPSA) is 81.7 Å². The molecule has 6 nitrogen and oxygen atoms in total. The molecule has 2 aliphatic heterocycles. The summed E-state index contributed by atoms with van der Waals surface area (Å²) in [4.78, 5) is 37.9. The highest BCUT2D eigenvalue weighted by molar-refractivity contribution is 5.95. The van der Waals surface area contributed by atoms with Crippen LogP contribution in [0.2, 0.25) is 0 Å². The molecule has 10 atom stereocenters. The van der Waals surface area contributed by atoms with E-state index in [0.717, 1.165) is 13.0 Å². The molecule has 5 rings (SSSR count). The van der Waals surface area contributed by atoms with Gasteiger partial charge in [0.2, 0.25) is 0 Å². The van der Waals surface area contributed by atoms with Crippen molar-refractivity contribution in [3.63, 3.8) is 0 Å². The van der Waals surface area contributed by atoms with Gasteiger partial charge in [-0.1, -0.05) is 40.7 Å². The fraction of sp³-hybridized carbons (Fsp3) is 0.767. The molecule has 7 heteroatoms. The van der Waals surface area contributed by atoms with Crippen molar-refractivity contribution in [2.45, 2.75) is 79.0 Å². The van der Waals surface area contributed by atoms with Crippen LogP contribution >= 0.6 is 0 Å². The van der Waals surface area contributed by atoms with Crippen molar-refractivity contribution in [3.8, 4) is 0 Å². The van der Waals surface area contributed by atoms with Crippen LogP contribution in [-0.2, 0) is 23.9 Å². The van der Waals surface area contributed by atoms with Crippen LogP contribution in [0.3, 0.4) is 0 Å². The van der Waals surface area contributed by atoms with Crippen LogP contribution in [0.4, 0.5) is 4.39 Å². The first-order valence-electron chi connectivity index (χ1n) is 14.0. The molecule has 2 saturated carbocycles. The second kappa shape index (κ2) is 8.75. The highest BCUT2D eigenvalue weighted by atomic mass is 19.1. The quantitative estimate of drug-likeness (QED) is 0.430. The molecule has 0 aromatic heterocycles. The predicted octanol–water partition coefficient (Wildman–Crippen LogP) is 4.78. The second-order valence-corrected chi connectivity index (χ2v) is 13.4. The molecule has 0 aromatic rings. The molecule has 2 heterocycles. The number of esters is 2. The number of allylic oxidation sites excluding steroid dienone is 3. The number of halogens is 1. The Balaban J connectivity index is 1.66. The maximum Gasteiger partial charge on any atom is 0.309 e. The van der Waals surface area contributed by atoms with Gasteiger partial charge in [-0.05, 0) is 73.0 Å². The summed E-state index contributed by atoms with van der Waals surface area (Å²) in [5, 5.41) is 3.32. The van der Waals surface area contributed by atoms with Gasteiger partial charge in [-0.2, -0.15) is 0 Å². The van der Waals surface area contributed by atoms with E-state index in [4.69, 9.17) is 9.47 Å². The molecule has 0 amide bonds. The van der Waals surface area contributed by atoms with Gasteiger partial charge in [0.15, 0.2) is 11.5 Å². The Morgan fingerprint density at radius 3 is 2.57 bits per heavy atom. The number of ether oxygens (including phenoxy) is 2. The minimum absolute atomic E-state index is 0.0374. The molecule has 2 saturated heterocycles. The largest absolute Gasteiger partial charge is 0.458 e. The average Bonchev–Trinajstić information content (AvgIpc) is 3.34. The van der Waals surface area contributed by atoms with E-state index in [1.54, 1.807) is 6.08 Å². The Hall–Kier alpha value is -2.02. The number of nitrogens with one attached hydrogen (secondary N) is 1. The van der Waals surface area contributed by atoms with Gasteiger partial charge in [0.1, 0.15) is 6.10 Å². The van der Waals surface area contributed by atoms with Gasteiger partial charge < -0.3 is 14.8 Å². The molecule has 3 aliphatic carbocycles. The number of hydrogen-bond acceptors (Lipinski definition) is 6. The van der Waals surface area contributed by atoms with Crippen LogP contribution in [0.5, 0.6) is 0 Å². The van der Waals surface area contributed by atoms with E-state index in [-0.39, 0.29) is 40.8 Å². The summed E-state index contributed by atoms with van der Waals surface area (Å²) in [6.07, 6.45) is 8.79. The van der Waals surface area contributed by atoms with Crippen LogP contribution in [0.1, 0.15) is 67.2 Å². The van der Waals surface area contributed by atoms with E-state index >= 15 is 4.39 Å². The third-order valence-electron chi connectivity index (χ3n) is 11.3. The minimum Gasteiger partial charge on any atom is -0.458 e. The summed E-state index contributed by atoms with van der Waals surface area (Å²) >= 11 is 0. The summed E-state index contributed by atoms with van der Waals surface area (Å²) in [7, 11) is 0. The van der Waals surface area contributed by atoms with E-state index in [9.17, 15) is 14.4 Å². The Morgan fingerprint density at radius 1 is 1.19 bits per heavy atom. The molecule has 1 N–H and O–H groups in total. The fourth-order valence-electron chi connectivity index (χ4n) is 9.67. The summed E-state index contributed by atoms with van der Waals surface area (Å²) in [5.74, 6) is -1.92. The van der Waals surface area contributed by atoms with Gasteiger partial charge in [0.05, 0.1) is 12.2 Å². The monoisotopic (exact) mass is 515 g/mol. The van der Waals surface area contributed by atoms with Gasteiger partial charge in [0.25, 0.3) is 0 Å². The number of cyclic esters (lactones) is 1. The summed E-state index contributed by atoms with van der Waals surface area (Å²) in [5.41, 5.74) is -3.16. The second-order valence-electron chi connectivity index (χ2n) is 13.4. The smallest absolute Gasteiger partial charge is 0.309 e. The van der Waals surface area contributed by atoms with Crippen LogP contribution in [0, 0.1) is 51.8 Å². The van der Waals surface area contributed by atoms with E-state index < -0.39 is 40.4 Å². The predicted molar refractivity (Wildman–Crippen MR) is 137 cm³/mol. The zero-order chi connectivity index (χ0) is 27.0. The van der Waals surface area contributed by atoms with Crippen molar-refractivity contribution in [3.05, 3.63) is 24.5 Å². The number of rotatable bonds is 3. The Bertz CT molecular complexity index is 1050. The zero-order valence-corrected chi connectivity index (χ0v) is 23.0. The lowest BCUT2D eigenvalue weighted by atomic mass is 9.35. The first-order valence-corrected chi connectivity index (χ1v) is 14.0. The Morgan fingerprint density at radius 2 is 1.92 bits per heavy atom. The molecule has 37 heavy (non-hydrogen) atoms. The van der Waals surface area contributed by atoms with E-state index in [1.165, 1.54) is 13.2 Å². The fourth-order valence-corrected chi connectivity index (χ4v) is 9.67. The maximum atomic E-state index is 17.7. The third kappa shape index (κ3) is 3.70. The summed E-state index contributed by atoms with van der Waals surface area (Å²) < 4.78 is 28.8. The van der Waals surface area contributed by atoms with Crippen LogP contribution < -0.4 is 5.32 Å². The number of hydrogen-bond donors (Lipinski definition) is 1. The highest BCUT2D eigenvalue weighted by Gasteiger charge is 2.73. The van der Waals surface area contributed by atoms with Gasteiger partial charge in [-0.15, -0.1) is 0 Å². The molecule has 204 valence electrons. The third-order valence-corrected chi connectivity index (χ3v) is 11.3. The molecule has 0 bridgehead atoms. The van der Waals surface area contributed by atoms with Crippen molar-refractivity contribution in [2.24, 2.45) is 51.8 Å². The molecular formula is C30H42FNO5. The number of fused-ring (bicyclic) bond motifs is 5.